The number of hydrogen-bond donors (Lipinski definition) is 1. The molecule has 1 aliphatic heterocycles. The Kier molecular flexibility index (Phi) is 5.82. The molecular formula is C18H24N4OS. The van der Waals surface area contributed by atoms with Gasteiger partial charge in [-0.05, 0) is 23.6 Å². The van der Waals surface area contributed by atoms with Crippen molar-refractivity contribution in [3.8, 4) is 0 Å². The molecule has 1 fully saturated rings. The third-order valence-corrected chi connectivity index (χ3v) is 5.46. The predicted molar refractivity (Wildman–Crippen MR) is 97.2 cm³/mol. The Morgan fingerprint density at radius 1 is 1.25 bits per heavy atom. The summed E-state index contributed by atoms with van der Waals surface area (Å²) >= 11 is 1.74. The van der Waals surface area contributed by atoms with E-state index in [2.05, 4.69) is 39.6 Å². The van der Waals surface area contributed by atoms with Crippen LogP contribution in [0.5, 0.6) is 0 Å². The van der Waals surface area contributed by atoms with Gasteiger partial charge >= 0.3 is 6.03 Å². The van der Waals surface area contributed by atoms with Crippen molar-refractivity contribution in [3.05, 3.63) is 52.5 Å². The summed E-state index contributed by atoms with van der Waals surface area (Å²) in [5, 5.41) is 5.15. The zero-order valence-electron chi connectivity index (χ0n) is 14.0. The van der Waals surface area contributed by atoms with Crippen molar-refractivity contribution in [2.45, 2.75) is 19.4 Å². The molecule has 0 saturated carbocycles. The molecule has 1 atom stereocenters. The predicted octanol–water partition coefficient (Wildman–Crippen LogP) is 2.77. The Balaban J connectivity index is 1.40. The van der Waals surface area contributed by atoms with Crippen LogP contribution >= 0.6 is 11.3 Å². The van der Waals surface area contributed by atoms with Gasteiger partial charge in [0.1, 0.15) is 0 Å². The van der Waals surface area contributed by atoms with Gasteiger partial charge in [-0.2, -0.15) is 0 Å². The summed E-state index contributed by atoms with van der Waals surface area (Å²) < 4.78 is 0. The Morgan fingerprint density at radius 3 is 2.75 bits per heavy atom. The number of urea groups is 1. The number of nitrogens with zero attached hydrogens (tertiary/aromatic N) is 3. The molecule has 0 aromatic carbocycles. The van der Waals surface area contributed by atoms with E-state index in [-0.39, 0.29) is 6.03 Å². The maximum atomic E-state index is 12.3. The quantitative estimate of drug-likeness (QED) is 0.907. The van der Waals surface area contributed by atoms with E-state index in [9.17, 15) is 4.79 Å². The number of rotatable bonds is 5. The largest absolute Gasteiger partial charge is 0.337 e. The number of hydrogen-bond acceptors (Lipinski definition) is 4. The van der Waals surface area contributed by atoms with Crippen molar-refractivity contribution >= 4 is 17.4 Å². The third kappa shape index (κ3) is 4.55. The highest BCUT2D eigenvalue weighted by molar-refractivity contribution is 7.10. The van der Waals surface area contributed by atoms with E-state index in [1.165, 1.54) is 4.88 Å². The van der Waals surface area contributed by atoms with Crippen LogP contribution in [0.2, 0.25) is 0 Å². The molecule has 1 N–H and O–H groups in total. The fourth-order valence-corrected chi connectivity index (χ4v) is 3.64. The highest BCUT2D eigenvalue weighted by atomic mass is 32.1. The number of pyridine rings is 1. The summed E-state index contributed by atoms with van der Waals surface area (Å²) in [5.74, 6) is 0.361. The van der Waals surface area contributed by atoms with Crippen LogP contribution in [-0.4, -0.2) is 53.5 Å². The third-order valence-electron chi connectivity index (χ3n) is 4.36. The normalized spacial score (nSPS) is 16.8. The van der Waals surface area contributed by atoms with Gasteiger partial charge in [0.05, 0.1) is 5.69 Å². The van der Waals surface area contributed by atoms with E-state index in [1.807, 2.05) is 29.3 Å². The molecule has 3 rings (SSSR count). The molecule has 24 heavy (non-hydrogen) atoms. The minimum atomic E-state index is 0.0518. The number of piperazine rings is 1. The van der Waals surface area contributed by atoms with E-state index in [4.69, 9.17) is 0 Å². The fourth-order valence-electron chi connectivity index (χ4n) is 2.85. The standard InChI is InChI=1S/C18H24N4OS/c1-15(17-6-4-12-24-17)13-20-18(23)22-10-8-21(9-11-22)14-16-5-2-3-7-19-16/h2-7,12,15H,8-11,13-14H2,1H3,(H,20,23). The van der Waals surface area contributed by atoms with Gasteiger partial charge in [0.2, 0.25) is 0 Å². The highest BCUT2D eigenvalue weighted by Crippen LogP contribution is 2.19. The van der Waals surface area contributed by atoms with Gasteiger partial charge in [-0.3, -0.25) is 9.88 Å². The molecule has 1 unspecified atom stereocenters. The number of thiophene rings is 1. The first-order chi connectivity index (χ1) is 11.7. The number of nitrogens with one attached hydrogen (secondary N) is 1. The Hall–Kier alpha value is -1.92. The van der Waals surface area contributed by atoms with Crippen LogP contribution in [0.15, 0.2) is 41.9 Å². The van der Waals surface area contributed by atoms with Gasteiger partial charge in [0.25, 0.3) is 0 Å². The van der Waals surface area contributed by atoms with Crippen molar-refractivity contribution in [2.75, 3.05) is 32.7 Å². The van der Waals surface area contributed by atoms with Gasteiger partial charge in [0.15, 0.2) is 0 Å². The average molecular weight is 344 g/mol. The number of aromatic nitrogens is 1. The molecule has 3 heterocycles. The zero-order chi connectivity index (χ0) is 16.8. The first-order valence-electron chi connectivity index (χ1n) is 8.41. The lowest BCUT2D eigenvalue weighted by Crippen LogP contribution is -2.51. The van der Waals surface area contributed by atoms with E-state index in [1.54, 1.807) is 11.3 Å². The molecule has 0 radical (unpaired) electrons. The molecular weight excluding hydrogens is 320 g/mol. The Labute approximate surface area is 147 Å². The van der Waals surface area contributed by atoms with Gasteiger partial charge in [-0.25, -0.2) is 4.79 Å². The first kappa shape index (κ1) is 16.9. The maximum absolute atomic E-state index is 12.3. The van der Waals surface area contributed by atoms with Crippen LogP contribution < -0.4 is 5.32 Å². The smallest absolute Gasteiger partial charge is 0.317 e. The van der Waals surface area contributed by atoms with Crippen molar-refractivity contribution in [1.82, 2.24) is 20.1 Å². The SMILES string of the molecule is CC(CNC(=O)N1CCN(Cc2ccccn2)CC1)c1cccs1. The monoisotopic (exact) mass is 344 g/mol. The van der Waals surface area contributed by atoms with Crippen LogP contribution in [0.3, 0.4) is 0 Å². The molecule has 0 bridgehead atoms. The first-order valence-corrected chi connectivity index (χ1v) is 9.29. The van der Waals surface area contributed by atoms with Gasteiger partial charge in [-0.15, -0.1) is 11.3 Å². The fraction of sp³-hybridized carbons (Fsp3) is 0.444. The molecule has 128 valence electrons. The number of amides is 2. The second-order valence-electron chi connectivity index (χ2n) is 6.19. The van der Waals surface area contributed by atoms with E-state index >= 15 is 0 Å². The van der Waals surface area contributed by atoms with Gasteiger partial charge < -0.3 is 10.2 Å². The molecule has 1 aliphatic rings. The van der Waals surface area contributed by atoms with Gasteiger partial charge in [0, 0.05) is 56.3 Å². The molecule has 0 aliphatic carbocycles. The molecule has 1 saturated heterocycles. The highest BCUT2D eigenvalue weighted by Gasteiger charge is 2.21. The van der Waals surface area contributed by atoms with E-state index < -0.39 is 0 Å². The summed E-state index contributed by atoms with van der Waals surface area (Å²) in [5.41, 5.74) is 1.08. The van der Waals surface area contributed by atoms with Crippen molar-refractivity contribution in [2.24, 2.45) is 0 Å². The van der Waals surface area contributed by atoms with Crippen LogP contribution in [-0.2, 0) is 6.54 Å². The maximum Gasteiger partial charge on any atom is 0.317 e. The average Bonchev–Trinajstić information content (AvgIpc) is 3.16. The molecule has 6 heteroatoms. The second-order valence-corrected chi connectivity index (χ2v) is 7.17. The number of carbonyl (C=O) groups excluding carboxylic acids is 1. The van der Waals surface area contributed by atoms with E-state index in [0.29, 0.717) is 12.5 Å². The van der Waals surface area contributed by atoms with Gasteiger partial charge in [-0.1, -0.05) is 19.1 Å². The van der Waals surface area contributed by atoms with Crippen molar-refractivity contribution < 1.29 is 4.79 Å². The Bertz CT molecular complexity index is 624. The zero-order valence-corrected chi connectivity index (χ0v) is 14.8. The molecule has 2 aromatic rings. The summed E-state index contributed by atoms with van der Waals surface area (Å²) in [6.45, 7) is 7.02. The minimum Gasteiger partial charge on any atom is -0.337 e. The van der Waals surface area contributed by atoms with Crippen molar-refractivity contribution in [3.63, 3.8) is 0 Å². The van der Waals surface area contributed by atoms with E-state index in [0.717, 1.165) is 38.4 Å². The van der Waals surface area contributed by atoms with Crippen LogP contribution in [0, 0.1) is 0 Å². The lowest BCUT2D eigenvalue weighted by molar-refractivity contribution is 0.134. The summed E-state index contributed by atoms with van der Waals surface area (Å²) in [7, 11) is 0. The van der Waals surface area contributed by atoms with Crippen LogP contribution in [0.25, 0.3) is 0 Å². The summed E-state index contributed by atoms with van der Waals surface area (Å²) in [6.07, 6.45) is 1.83. The second kappa shape index (κ2) is 8.26. The lowest BCUT2D eigenvalue weighted by atomic mass is 10.1. The molecule has 5 nitrogen and oxygen atoms in total. The molecule has 2 amide bonds. The molecule has 2 aromatic heterocycles. The minimum absolute atomic E-state index is 0.0518. The van der Waals surface area contributed by atoms with Crippen molar-refractivity contribution in [1.29, 1.82) is 0 Å². The summed E-state index contributed by atoms with van der Waals surface area (Å²) in [6, 6.07) is 10.2. The van der Waals surface area contributed by atoms with Crippen LogP contribution in [0.1, 0.15) is 23.4 Å². The summed E-state index contributed by atoms with van der Waals surface area (Å²) in [4.78, 5) is 22.3. The van der Waals surface area contributed by atoms with Crippen LogP contribution in [0.4, 0.5) is 4.79 Å². The topological polar surface area (TPSA) is 48.5 Å². The lowest BCUT2D eigenvalue weighted by Gasteiger charge is -2.34. The molecule has 0 spiro atoms. The Morgan fingerprint density at radius 2 is 2.08 bits per heavy atom. The number of carbonyl (C=O) groups is 1.